The third-order valence-electron chi connectivity index (χ3n) is 5.70. The van der Waals surface area contributed by atoms with Crippen molar-refractivity contribution in [2.75, 3.05) is 43.8 Å². The molecule has 1 fully saturated rings. The summed E-state index contributed by atoms with van der Waals surface area (Å²) < 4.78 is 1.42. The number of aromatic nitrogens is 4. The summed E-state index contributed by atoms with van der Waals surface area (Å²) in [5, 5.41) is 22.2. The van der Waals surface area contributed by atoms with Crippen molar-refractivity contribution >= 4 is 64.1 Å². The molecule has 0 aliphatic carbocycles. The molecule has 210 valence electrons. The van der Waals surface area contributed by atoms with Crippen LogP contribution in [0.25, 0.3) is 5.69 Å². The van der Waals surface area contributed by atoms with Crippen molar-refractivity contribution < 1.29 is 9.59 Å². The van der Waals surface area contributed by atoms with Crippen molar-refractivity contribution in [3.63, 3.8) is 0 Å². The number of halogens is 3. The summed E-state index contributed by atoms with van der Waals surface area (Å²) in [6.45, 7) is 7.49. The van der Waals surface area contributed by atoms with Crippen LogP contribution in [0.3, 0.4) is 0 Å². The van der Waals surface area contributed by atoms with E-state index in [2.05, 4.69) is 48.2 Å². The van der Waals surface area contributed by atoms with Gasteiger partial charge in [-0.1, -0.05) is 58.4 Å². The Labute approximate surface area is 251 Å². The molecule has 14 heteroatoms. The Morgan fingerprint density at radius 1 is 1.07 bits per heavy atom. The first-order valence-corrected chi connectivity index (χ1v) is 14.4. The Morgan fingerprint density at radius 3 is 2.60 bits per heavy atom. The molecule has 40 heavy (non-hydrogen) atoms. The molecule has 0 unspecified atom stereocenters. The Bertz CT molecular complexity index is 1450. The zero-order valence-electron chi connectivity index (χ0n) is 21.8. The first-order valence-electron chi connectivity index (χ1n) is 12.3. The van der Waals surface area contributed by atoms with Crippen LogP contribution >= 0.6 is 46.6 Å². The van der Waals surface area contributed by atoms with Crippen molar-refractivity contribution in [2.24, 2.45) is 0 Å². The fraction of sp³-hybridized carbons (Fsp3) is 0.346. The molecule has 0 spiro atoms. The van der Waals surface area contributed by atoms with E-state index < -0.39 is 5.54 Å². The summed E-state index contributed by atoms with van der Waals surface area (Å²) in [6, 6.07) is 10.0. The second-order valence-electron chi connectivity index (χ2n) is 9.45. The van der Waals surface area contributed by atoms with Crippen LogP contribution in [-0.2, 0) is 9.59 Å². The molecule has 1 aromatic heterocycles. The molecule has 0 atom stereocenters. The quantitative estimate of drug-likeness (QED) is 0.259. The number of benzene rings is 2. The van der Waals surface area contributed by atoms with E-state index in [1.54, 1.807) is 36.4 Å². The number of amides is 2. The van der Waals surface area contributed by atoms with Gasteiger partial charge in [-0.05, 0) is 60.7 Å². The van der Waals surface area contributed by atoms with E-state index in [0.29, 0.717) is 43.7 Å². The average molecular weight is 622 g/mol. The number of rotatable bonds is 8. The van der Waals surface area contributed by atoms with Gasteiger partial charge in [-0.25, -0.2) is 0 Å². The number of anilines is 1. The van der Waals surface area contributed by atoms with Gasteiger partial charge < -0.3 is 16.0 Å². The Balaban J connectivity index is 1.32. The van der Waals surface area contributed by atoms with E-state index in [-0.39, 0.29) is 17.6 Å². The zero-order valence-corrected chi connectivity index (χ0v) is 24.9. The van der Waals surface area contributed by atoms with Crippen molar-refractivity contribution in [1.29, 1.82) is 0 Å². The summed E-state index contributed by atoms with van der Waals surface area (Å²) in [6.07, 6.45) is 0. The predicted octanol–water partition coefficient (Wildman–Crippen LogP) is 3.50. The fourth-order valence-corrected chi connectivity index (χ4v) is 5.07. The van der Waals surface area contributed by atoms with Crippen LogP contribution in [0.5, 0.6) is 0 Å². The first-order chi connectivity index (χ1) is 19.1. The third-order valence-corrected chi connectivity index (χ3v) is 7.49. The fourth-order valence-electron chi connectivity index (χ4n) is 3.80. The normalized spacial score (nSPS) is 13.8. The van der Waals surface area contributed by atoms with Crippen LogP contribution in [0.2, 0.25) is 15.1 Å². The number of carbonyl (C=O) groups is 2. The lowest BCUT2D eigenvalue weighted by atomic mass is 10.1. The summed E-state index contributed by atoms with van der Waals surface area (Å²) in [5.41, 5.74) is 0.870. The highest BCUT2D eigenvalue weighted by Crippen LogP contribution is 2.28. The summed E-state index contributed by atoms with van der Waals surface area (Å²) in [4.78, 5) is 27.2. The molecule has 2 aromatic carbocycles. The van der Waals surface area contributed by atoms with E-state index in [1.165, 1.54) is 4.68 Å². The van der Waals surface area contributed by atoms with Crippen LogP contribution in [0.15, 0.2) is 41.6 Å². The van der Waals surface area contributed by atoms with Crippen LogP contribution in [-0.4, -0.2) is 80.9 Å². The maximum Gasteiger partial charge on any atom is 0.235 e. The number of nitrogens with zero attached hydrogens (tertiary/aromatic N) is 5. The highest BCUT2D eigenvalue weighted by atomic mass is 35.5. The number of piperazine rings is 1. The maximum atomic E-state index is 12.6. The summed E-state index contributed by atoms with van der Waals surface area (Å²) in [7, 11) is 0. The molecule has 10 nitrogen and oxygen atoms in total. The van der Waals surface area contributed by atoms with E-state index >= 15 is 0 Å². The van der Waals surface area contributed by atoms with Gasteiger partial charge in [0.1, 0.15) is 0 Å². The monoisotopic (exact) mass is 620 g/mol. The minimum atomic E-state index is -0.730. The van der Waals surface area contributed by atoms with Crippen molar-refractivity contribution in [3.8, 4) is 17.5 Å². The highest BCUT2D eigenvalue weighted by Gasteiger charge is 2.20. The van der Waals surface area contributed by atoms with Crippen molar-refractivity contribution in [1.82, 2.24) is 35.7 Å². The van der Waals surface area contributed by atoms with E-state index in [9.17, 15) is 9.59 Å². The van der Waals surface area contributed by atoms with Crippen molar-refractivity contribution in [2.45, 2.75) is 24.5 Å². The second-order valence-corrected chi connectivity index (χ2v) is 11.6. The van der Waals surface area contributed by atoms with Gasteiger partial charge in [0, 0.05) is 36.8 Å². The highest BCUT2D eigenvalue weighted by molar-refractivity contribution is 7.99. The van der Waals surface area contributed by atoms with E-state index in [4.69, 9.17) is 34.8 Å². The van der Waals surface area contributed by atoms with Gasteiger partial charge in [0.25, 0.3) is 0 Å². The predicted molar refractivity (Wildman–Crippen MR) is 158 cm³/mol. The lowest BCUT2D eigenvalue weighted by Gasteiger charge is -2.28. The maximum absolute atomic E-state index is 12.6. The molecular formula is C26H27Cl3N8O2S. The number of nitrogens with one attached hydrogen (secondary N) is 3. The Kier molecular flexibility index (Phi) is 10.3. The second kappa shape index (κ2) is 13.7. The van der Waals surface area contributed by atoms with Crippen LogP contribution < -0.4 is 16.0 Å². The van der Waals surface area contributed by atoms with E-state index in [0.717, 1.165) is 37.9 Å². The molecule has 0 radical (unpaired) electrons. The van der Waals surface area contributed by atoms with Crippen molar-refractivity contribution in [3.05, 3.63) is 57.0 Å². The lowest BCUT2D eigenvalue weighted by Crippen LogP contribution is -2.51. The molecule has 2 amide bonds. The number of hydrogen-bond donors (Lipinski definition) is 3. The van der Waals surface area contributed by atoms with E-state index in [1.807, 2.05) is 13.8 Å². The van der Waals surface area contributed by atoms with Crippen LogP contribution in [0.4, 0.5) is 5.69 Å². The molecular weight excluding hydrogens is 595 g/mol. The number of hydrogen-bond acceptors (Lipinski definition) is 8. The Morgan fingerprint density at radius 2 is 1.85 bits per heavy atom. The Hall–Kier alpha value is -2.85. The molecule has 4 rings (SSSR count). The summed E-state index contributed by atoms with van der Waals surface area (Å²) in [5.74, 6) is 5.80. The topological polar surface area (TPSA) is 117 Å². The third kappa shape index (κ3) is 8.57. The lowest BCUT2D eigenvalue weighted by molar-refractivity contribution is -0.123. The van der Waals surface area contributed by atoms with Crippen LogP contribution in [0.1, 0.15) is 19.4 Å². The minimum Gasteiger partial charge on any atom is -0.339 e. The van der Waals surface area contributed by atoms with Gasteiger partial charge in [0.15, 0.2) is 0 Å². The SMILES string of the molecule is CC(C)(C#Cc1ccc(NC(=O)CSc2nnnn2-c2cc(Cl)ccc2Cl)c(Cl)c1)NC(=O)CN1CCNCC1. The number of tetrazole rings is 1. The molecule has 0 saturated carbocycles. The largest absolute Gasteiger partial charge is 0.339 e. The summed E-state index contributed by atoms with van der Waals surface area (Å²) >= 11 is 19.9. The minimum absolute atomic E-state index is 0.0261. The van der Waals surface area contributed by atoms with Crippen LogP contribution in [0, 0.1) is 11.8 Å². The standard InChI is InChI=1S/C26H27Cl3N8O2S/c1-26(2,32-23(38)15-36-11-9-30-10-12-36)8-7-17-3-6-21(20(29)13-17)31-24(39)16-40-25-33-34-35-37(25)22-14-18(27)4-5-19(22)28/h3-6,13-14,30H,9-12,15-16H2,1-2H3,(H,31,39)(H,32,38). The smallest absolute Gasteiger partial charge is 0.235 e. The molecule has 1 aliphatic heterocycles. The molecule has 1 aliphatic rings. The van der Waals surface area contributed by atoms with Gasteiger partial charge in [-0.15, -0.1) is 5.10 Å². The molecule has 3 aromatic rings. The van der Waals surface area contributed by atoms with Gasteiger partial charge in [0.2, 0.25) is 17.0 Å². The van der Waals surface area contributed by atoms with Gasteiger partial charge in [0.05, 0.1) is 39.3 Å². The van der Waals surface area contributed by atoms with Gasteiger partial charge >= 0.3 is 0 Å². The molecule has 3 N–H and O–H groups in total. The van der Waals surface area contributed by atoms with Gasteiger partial charge in [-0.3, -0.25) is 14.5 Å². The van der Waals surface area contributed by atoms with Gasteiger partial charge in [-0.2, -0.15) is 4.68 Å². The molecule has 0 bridgehead atoms. The number of carbonyl (C=O) groups excluding carboxylic acids is 2. The molecule has 2 heterocycles. The molecule has 1 saturated heterocycles. The number of thioether (sulfide) groups is 1. The average Bonchev–Trinajstić information content (AvgIpc) is 3.38. The first kappa shape index (κ1) is 30.1. The zero-order chi connectivity index (χ0) is 28.7.